The van der Waals surface area contributed by atoms with Crippen LogP contribution in [0.15, 0.2) is 90.0 Å². The van der Waals surface area contributed by atoms with Gasteiger partial charge in [0.2, 0.25) is 5.95 Å². The molecule has 0 aliphatic carbocycles. The van der Waals surface area contributed by atoms with Crippen LogP contribution in [-0.2, 0) is 11.3 Å². The average Bonchev–Trinajstić information content (AvgIpc) is 3.20. The van der Waals surface area contributed by atoms with Gasteiger partial charge in [0.15, 0.2) is 0 Å². The summed E-state index contributed by atoms with van der Waals surface area (Å²) in [6.45, 7) is 1.07. The van der Waals surface area contributed by atoms with Gasteiger partial charge in [-0.05, 0) is 48.2 Å². The third-order valence-electron chi connectivity index (χ3n) is 7.69. The molecule has 3 amide bonds. The minimum Gasteiger partial charge on any atom is -0.478 e. The number of aromatic amines is 1. The van der Waals surface area contributed by atoms with Crippen molar-refractivity contribution in [3.8, 4) is 11.1 Å². The van der Waals surface area contributed by atoms with E-state index >= 15 is 0 Å². The Bertz CT molecular complexity index is 1680. The maximum atomic E-state index is 14.2. The maximum Gasteiger partial charge on any atom is 0.339 e. The van der Waals surface area contributed by atoms with Crippen molar-refractivity contribution >= 4 is 29.5 Å². The van der Waals surface area contributed by atoms with Gasteiger partial charge in [-0.1, -0.05) is 42.5 Å². The van der Waals surface area contributed by atoms with E-state index in [4.69, 9.17) is 0 Å². The number of aromatic nitrogens is 3. The normalized spacial score (nSPS) is 16.9. The van der Waals surface area contributed by atoms with E-state index in [2.05, 4.69) is 15.0 Å². The standard InChI is InChI=1S/C30H26N6O5/c37-25-12-16-32-28(33-25)36-29(41)35(22-10-8-21(9-11-22)20-5-2-1-3-6-20)27(40)30(36)13-17-34(18-14-30)19-24-23(26(38)39)7-4-15-31-24/h1-12,15-16H,13-14,17-19H2,(H,38,39)(H,32,33,37). The Morgan fingerprint density at radius 2 is 1.56 bits per heavy atom. The summed E-state index contributed by atoms with van der Waals surface area (Å²) in [5.74, 6) is -1.45. The highest BCUT2D eigenvalue weighted by Gasteiger charge is 2.60. The molecule has 4 aromatic rings. The maximum absolute atomic E-state index is 14.2. The number of amides is 3. The molecule has 4 heterocycles. The summed E-state index contributed by atoms with van der Waals surface area (Å²) in [6.07, 6.45) is 3.36. The molecule has 0 radical (unpaired) electrons. The fourth-order valence-electron chi connectivity index (χ4n) is 5.59. The van der Waals surface area contributed by atoms with Gasteiger partial charge in [-0.3, -0.25) is 24.5 Å². The first-order chi connectivity index (χ1) is 19.9. The lowest BCUT2D eigenvalue weighted by molar-refractivity contribution is -0.123. The fraction of sp³-hybridized carbons (Fsp3) is 0.200. The minimum absolute atomic E-state index is 0.00518. The first-order valence-electron chi connectivity index (χ1n) is 13.2. The molecule has 2 aromatic carbocycles. The molecule has 0 bridgehead atoms. The number of H-pyrrole nitrogens is 1. The highest BCUT2D eigenvalue weighted by Crippen LogP contribution is 2.41. The van der Waals surface area contributed by atoms with Crippen molar-refractivity contribution in [2.24, 2.45) is 0 Å². The van der Waals surface area contributed by atoms with Gasteiger partial charge in [-0.2, -0.15) is 0 Å². The van der Waals surface area contributed by atoms with Crippen LogP contribution in [0.2, 0.25) is 0 Å². The Labute approximate surface area is 234 Å². The number of urea groups is 1. The topological polar surface area (TPSA) is 140 Å². The molecule has 2 N–H and O–H groups in total. The number of carboxylic acid groups (broad SMARTS) is 1. The second kappa shape index (κ2) is 10.4. The molecule has 2 saturated heterocycles. The number of hydrogen-bond acceptors (Lipinski definition) is 7. The minimum atomic E-state index is -1.28. The van der Waals surface area contributed by atoms with Gasteiger partial charge in [0.25, 0.3) is 11.5 Å². The van der Waals surface area contributed by atoms with E-state index in [0.29, 0.717) is 24.5 Å². The molecule has 2 aliphatic heterocycles. The smallest absolute Gasteiger partial charge is 0.339 e. The van der Waals surface area contributed by atoms with Crippen LogP contribution >= 0.6 is 0 Å². The highest BCUT2D eigenvalue weighted by molar-refractivity contribution is 6.30. The third kappa shape index (κ3) is 4.66. The summed E-state index contributed by atoms with van der Waals surface area (Å²) in [7, 11) is 0. The average molecular weight is 551 g/mol. The zero-order chi connectivity index (χ0) is 28.6. The van der Waals surface area contributed by atoms with Crippen molar-refractivity contribution in [3.05, 3.63) is 107 Å². The van der Waals surface area contributed by atoms with Crippen molar-refractivity contribution in [1.82, 2.24) is 19.9 Å². The molecule has 0 unspecified atom stereocenters. The highest BCUT2D eigenvalue weighted by atomic mass is 16.4. The third-order valence-corrected chi connectivity index (χ3v) is 7.69. The van der Waals surface area contributed by atoms with E-state index in [1.165, 1.54) is 23.2 Å². The second-order valence-corrected chi connectivity index (χ2v) is 10.0. The fourth-order valence-corrected chi connectivity index (χ4v) is 5.59. The number of pyridine rings is 1. The van der Waals surface area contributed by atoms with Gasteiger partial charge in [-0.15, -0.1) is 0 Å². The summed E-state index contributed by atoms with van der Waals surface area (Å²) >= 11 is 0. The number of likely N-dealkylation sites (tertiary alicyclic amines) is 1. The number of anilines is 2. The van der Waals surface area contributed by atoms with Crippen molar-refractivity contribution in [2.45, 2.75) is 24.9 Å². The molecule has 0 atom stereocenters. The number of rotatable bonds is 6. The van der Waals surface area contributed by atoms with Crippen molar-refractivity contribution in [1.29, 1.82) is 0 Å². The van der Waals surface area contributed by atoms with Crippen LogP contribution in [0.5, 0.6) is 0 Å². The molecule has 11 heteroatoms. The number of imide groups is 1. The SMILES string of the molecule is O=C(O)c1cccnc1CN1CCC2(CC1)C(=O)N(c1ccc(-c3ccccc3)cc1)C(=O)N2c1nccc(=O)[nH]1. The number of aromatic carboxylic acids is 1. The Morgan fingerprint density at radius 3 is 2.24 bits per heavy atom. The second-order valence-electron chi connectivity index (χ2n) is 10.0. The quantitative estimate of drug-likeness (QED) is 0.348. The predicted octanol–water partition coefficient (Wildman–Crippen LogP) is 3.54. The van der Waals surface area contributed by atoms with Gasteiger partial charge in [0.1, 0.15) is 5.54 Å². The molecule has 11 nitrogen and oxygen atoms in total. The van der Waals surface area contributed by atoms with Crippen molar-refractivity contribution < 1.29 is 19.5 Å². The van der Waals surface area contributed by atoms with Crippen LogP contribution in [0.1, 0.15) is 28.9 Å². The number of carbonyl (C=O) groups excluding carboxylic acids is 2. The molecule has 0 saturated carbocycles. The van der Waals surface area contributed by atoms with Gasteiger partial charge in [0, 0.05) is 38.1 Å². The first kappa shape index (κ1) is 26.1. The van der Waals surface area contributed by atoms with Gasteiger partial charge in [-0.25, -0.2) is 24.4 Å². The van der Waals surface area contributed by atoms with E-state index in [1.807, 2.05) is 47.4 Å². The summed E-state index contributed by atoms with van der Waals surface area (Å²) in [5.41, 5.74) is 1.20. The first-order valence-corrected chi connectivity index (χ1v) is 13.2. The number of hydrogen-bond donors (Lipinski definition) is 2. The number of nitrogens with zero attached hydrogens (tertiary/aromatic N) is 5. The van der Waals surface area contributed by atoms with Gasteiger partial charge < -0.3 is 5.11 Å². The van der Waals surface area contributed by atoms with Gasteiger partial charge in [0.05, 0.1) is 16.9 Å². The van der Waals surface area contributed by atoms with Crippen LogP contribution < -0.4 is 15.4 Å². The number of carbonyl (C=O) groups is 3. The predicted molar refractivity (Wildman–Crippen MR) is 151 cm³/mol. The number of piperidine rings is 1. The van der Waals surface area contributed by atoms with Crippen LogP contribution in [0.25, 0.3) is 11.1 Å². The molecule has 1 spiro atoms. The van der Waals surface area contributed by atoms with E-state index < -0.39 is 29.0 Å². The van der Waals surface area contributed by atoms with E-state index in [0.717, 1.165) is 16.0 Å². The summed E-state index contributed by atoms with van der Waals surface area (Å²) in [5, 5.41) is 9.54. The molecular weight excluding hydrogens is 524 g/mol. The molecular formula is C30H26N6O5. The summed E-state index contributed by atoms with van der Waals surface area (Å²) < 4.78 is 0. The molecule has 206 valence electrons. The lowest BCUT2D eigenvalue weighted by Crippen LogP contribution is -2.57. The number of nitrogens with one attached hydrogen (secondary N) is 1. The van der Waals surface area contributed by atoms with E-state index in [1.54, 1.807) is 24.4 Å². The van der Waals surface area contributed by atoms with E-state index in [-0.39, 0.29) is 30.9 Å². The zero-order valence-corrected chi connectivity index (χ0v) is 21.9. The van der Waals surface area contributed by atoms with Crippen molar-refractivity contribution in [3.63, 3.8) is 0 Å². The van der Waals surface area contributed by atoms with Crippen LogP contribution in [0.3, 0.4) is 0 Å². The molecule has 2 aliphatic rings. The molecule has 41 heavy (non-hydrogen) atoms. The number of benzene rings is 2. The molecule has 2 aromatic heterocycles. The zero-order valence-electron chi connectivity index (χ0n) is 21.9. The summed E-state index contributed by atoms with van der Waals surface area (Å²) in [6, 6.07) is 20.7. The monoisotopic (exact) mass is 550 g/mol. The van der Waals surface area contributed by atoms with Crippen LogP contribution in [0.4, 0.5) is 16.4 Å². The Balaban J connectivity index is 1.31. The Hall–Kier alpha value is -5.16. The number of carboxylic acids is 1. The molecule has 2 fully saturated rings. The van der Waals surface area contributed by atoms with Crippen molar-refractivity contribution in [2.75, 3.05) is 22.9 Å². The van der Waals surface area contributed by atoms with Crippen LogP contribution in [-0.4, -0.2) is 61.5 Å². The Kier molecular flexibility index (Phi) is 6.64. The Morgan fingerprint density at radius 1 is 0.854 bits per heavy atom. The van der Waals surface area contributed by atoms with Crippen LogP contribution in [0, 0.1) is 0 Å². The molecule has 6 rings (SSSR count). The van der Waals surface area contributed by atoms with Gasteiger partial charge >= 0.3 is 12.0 Å². The lowest BCUT2D eigenvalue weighted by atomic mass is 9.85. The lowest BCUT2D eigenvalue weighted by Gasteiger charge is -2.41. The van der Waals surface area contributed by atoms with E-state index in [9.17, 15) is 24.3 Å². The summed E-state index contributed by atoms with van der Waals surface area (Å²) in [4.78, 5) is 67.5. The largest absolute Gasteiger partial charge is 0.478 e.